The molecule has 3 rings (SSSR count). The molecular weight excluding hydrogens is 473 g/mol. The number of carboxylic acid groups (broad SMARTS) is 1. The van der Waals surface area contributed by atoms with Crippen LogP contribution in [0.2, 0.25) is 5.02 Å². The minimum Gasteiger partial charge on any atom is -0.480 e. The first-order chi connectivity index (χ1) is 15.7. The standard InChI is InChI=1S/C25H20ClF3O3S/c26-22-14-20(10-11-23(22)32-16-24(30)31)33-13-12-21(18-4-2-1-3-5-18)19-8-6-17(7-9-19)15-25(27,28)29/h1-12,14H,13,15-16H2,(H,30,31). The Balaban J connectivity index is 1.76. The van der Waals surface area contributed by atoms with E-state index in [-0.39, 0.29) is 5.56 Å². The largest absolute Gasteiger partial charge is 0.480 e. The zero-order chi connectivity index (χ0) is 23.8. The molecule has 0 saturated heterocycles. The number of alkyl halides is 3. The predicted molar refractivity (Wildman–Crippen MR) is 125 cm³/mol. The van der Waals surface area contributed by atoms with Crippen LogP contribution in [-0.2, 0) is 11.2 Å². The molecule has 33 heavy (non-hydrogen) atoms. The molecule has 0 atom stereocenters. The van der Waals surface area contributed by atoms with Crippen LogP contribution >= 0.6 is 23.4 Å². The topological polar surface area (TPSA) is 46.5 Å². The third-order valence-electron chi connectivity index (χ3n) is 4.55. The van der Waals surface area contributed by atoms with Gasteiger partial charge in [0.05, 0.1) is 11.4 Å². The van der Waals surface area contributed by atoms with Gasteiger partial charge in [-0.05, 0) is 40.5 Å². The second-order valence-corrected chi connectivity index (χ2v) is 8.56. The van der Waals surface area contributed by atoms with Gasteiger partial charge < -0.3 is 9.84 Å². The zero-order valence-corrected chi connectivity index (χ0v) is 18.9. The summed E-state index contributed by atoms with van der Waals surface area (Å²) in [6.45, 7) is -0.475. The molecule has 0 aliphatic rings. The number of thioether (sulfide) groups is 1. The first-order valence-electron chi connectivity index (χ1n) is 9.90. The Morgan fingerprint density at radius 2 is 1.67 bits per heavy atom. The second kappa shape index (κ2) is 11.3. The number of aliphatic carboxylic acids is 1. The minimum atomic E-state index is -4.24. The molecule has 3 aromatic rings. The molecular formula is C25H20ClF3O3S. The van der Waals surface area contributed by atoms with Crippen LogP contribution in [0.15, 0.2) is 83.8 Å². The Kier molecular flexibility index (Phi) is 8.47. The summed E-state index contributed by atoms with van der Waals surface area (Å²) >= 11 is 7.69. The van der Waals surface area contributed by atoms with Crippen LogP contribution in [0, 0.1) is 0 Å². The molecule has 0 aliphatic heterocycles. The van der Waals surface area contributed by atoms with Gasteiger partial charge in [-0.1, -0.05) is 72.3 Å². The zero-order valence-electron chi connectivity index (χ0n) is 17.3. The Morgan fingerprint density at radius 3 is 2.27 bits per heavy atom. The van der Waals surface area contributed by atoms with Crippen LogP contribution < -0.4 is 4.74 Å². The van der Waals surface area contributed by atoms with E-state index in [1.807, 2.05) is 36.4 Å². The van der Waals surface area contributed by atoms with E-state index in [9.17, 15) is 18.0 Å². The Hall–Kier alpha value is -2.90. The van der Waals surface area contributed by atoms with Crippen LogP contribution in [0.1, 0.15) is 16.7 Å². The van der Waals surface area contributed by atoms with Gasteiger partial charge >= 0.3 is 12.1 Å². The third kappa shape index (κ3) is 7.87. The molecule has 0 aromatic heterocycles. The smallest absolute Gasteiger partial charge is 0.393 e. The number of halogens is 4. The maximum Gasteiger partial charge on any atom is 0.393 e. The van der Waals surface area contributed by atoms with Gasteiger partial charge in [-0.15, -0.1) is 11.8 Å². The van der Waals surface area contributed by atoms with Crippen molar-refractivity contribution >= 4 is 34.9 Å². The average Bonchev–Trinajstić information content (AvgIpc) is 2.76. The van der Waals surface area contributed by atoms with E-state index in [4.69, 9.17) is 21.4 Å². The quantitative estimate of drug-likeness (QED) is 0.323. The van der Waals surface area contributed by atoms with Crippen molar-refractivity contribution < 1.29 is 27.8 Å². The first-order valence-corrected chi connectivity index (χ1v) is 11.3. The van der Waals surface area contributed by atoms with Crippen molar-refractivity contribution in [2.45, 2.75) is 17.5 Å². The average molecular weight is 493 g/mol. The lowest BCUT2D eigenvalue weighted by molar-refractivity contribution is -0.139. The normalized spacial score (nSPS) is 11.9. The fourth-order valence-corrected chi connectivity index (χ4v) is 4.21. The maximum absolute atomic E-state index is 12.7. The number of carbonyl (C=O) groups is 1. The van der Waals surface area contributed by atoms with Gasteiger partial charge in [0.15, 0.2) is 6.61 Å². The van der Waals surface area contributed by atoms with E-state index in [1.54, 1.807) is 30.3 Å². The fourth-order valence-electron chi connectivity index (χ4n) is 3.10. The van der Waals surface area contributed by atoms with E-state index in [0.29, 0.717) is 16.5 Å². The molecule has 172 valence electrons. The van der Waals surface area contributed by atoms with Gasteiger partial charge in [0.1, 0.15) is 5.75 Å². The number of hydrogen-bond donors (Lipinski definition) is 1. The summed E-state index contributed by atoms with van der Waals surface area (Å²) in [5.74, 6) is -0.211. The highest BCUT2D eigenvalue weighted by Crippen LogP contribution is 2.32. The van der Waals surface area contributed by atoms with Crippen molar-refractivity contribution in [3.05, 3.63) is 101 Å². The number of benzene rings is 3. The molecule has 3 aromatic carbocycles. The number of hydrogen-bond acceptors (Lipinski definition) is 3. The highest BCUT2D eigenvalue weighted by Gasteiger charge is 2.27. The summed E-state index contributed by atoms with van der Waals surface area (Å²) in [6.07, 6.45) is -3.19. The van der Waals surface area contributed by atoms with Crippen molar-refractivity contribution in [3.63, 3.8) is 0 Å². The lowest BCUT2D eigenvalue weighted by Gasteiger charge is -2.11. The van der Waals surface area contributed by atoms with Crippen LogP contribution in [0.3, 0.4) is 0 Å². The lowest BCUT2D eigenvalue weighted by atomic mass is 9.96. The molecule has 0 aliphatic carbocycles. The van der Waals surface area contributed by atoms with Crippen LogP contribution in [0.5, 0.6) is 5.75 Å². The summed E-state index contributed by atoms with van der Waals surface area (Å²) in [5.41, 5.74) is 2.90. The van der Waals surface area contributed by atoms with Crippen LogP contribution in [-0.4, -0.2) is 29.6 Å². The lowest BCUT2D eigenvalue weighted by Crippen LogP contribution is -2.11. The van der Waals surface area contributed by atoms with Gasteiger partial charge in [0.25, 0.3) is 0 Å². The maximum atomic E-state index is 12.7. The van der Waals surface area contributed by atoms with E-state index < -0.39 is 25.2 Å². The molecule has 0 bridgehead atoms. The molecule has 0 amide bonds. The Labute approximate surface area is 198 Å². The van der Waals surface area contributed by atoms with Crippen molar-refractivity contribution in [2.75, 3.05) is 12.4 Å². The molecule has 0 fully saturated rings. The number of rotatable bonds is 9. The molecule has 8 heteroatoms. The third-order valence-corrected chi connectivity index (χ3v) is 5.76. The summed E-state index contributed by atoms with van der Waals surface area (Å²) in [4.78, 5) is 11.5. The Bertz CT molecular complexity index is 1110. The van der Waals surface area contributed by atoms with E-state index in [2.05, 4.69) is 0 Å². The first kappa shape index (κ1) is 24.7. The van der Waals surface area contributed by atoms with E-state index in [0.717, 1.165) is 21.6 Å². The van der Waals surface area contributed by atoms with Crippen molar-refractivity contribution in [2.24, 2.45) is 0 Å². The molecule has 0 saturated carbocycles. The molecule has 0 unspecified atom stereocenters. The summed E-state index contributed by atoms with van der Waals surface area (Å²) in [7, 11) is 0. The fraction of sp³-hybridized carbons (Fsp3) is 0.160. The second-order valence-electron chi connectivity index (χ2n) is 7.06. The number of carboxylic acids is 1. The number of ether oxygens (including phenoxy) is 1. The van der Waals surface area contributed by atoms with Gasteiger partial charge in [0, 0.05) is 10.6 Å². The van der Waals surface area contributed by atoms with Crippen molar-refractivity contribution in [3.8, 4) is 5.75 Å². The minimum absolute atomic E-state index is 0.216. The van der Waals surface area contributed by atoms with E-state index >= 15 is 0 Å². The predicted octanol–water partition coefficient (Wildman–Crippen LogP) is 7.13. The van der Waals surface area contributed by atoms with E-state index in [1.165, 1.54) is 23.9 Å². The SMILES string of the molecule is O=C(O)COc1ccc(SCC=C(c2ccccc2)c2ccc(CC(F)(F)F)cc2)cc1Cl. The molecule has 0 spiro atoms. The summed E-state index contributed by atoms with van der Waals surface area (Å²) in [6, 6.07) is 21.1. The molecule has 3 nitrogen and oxygen atoms in total. The monoisotopic (exact) mass is 492 g/mol. The van der Waals surface area contributed by atoms with Crippen LogP contribution in [0.25, 0.3) is 5.57 Å². The molecule has 0 radical (unpaired) electrons. The Morgan fingerprint density at radius 1 is 1.00 bits per heavy atom. The summed E-state index contributed by atoms with van der Waals surface area (Å²) in [5, 5.41) is 9.03. The highest BCUT2D eigenvalue weighted by atomic mass is 35.5. The van der Waals surface area contributed by atoms with Gasteiger partial charge in [-0.3, -0.25) is 0 Å². The highest BCUT2D eigenvalue weighted by molar-refractivity contribution is 7.99. The van der Waals surface area contributed by atoms with Crippen molar-refractivity contribution in [1.82, 2.24) is 0 Å². The van der Waals surface area contributed by atoms with Gasteiger partial charge in [-0.2, -0.15) is 13.2 Å². The summed E-state index contributed by atoms with van der Waals surface area (Å²) < 4.78 is 43.1. The van der Waals surface area contributed by atoms with Crippen LogP contribution in [0.4, 0.5) is 13.2 Å². The van der Waals surface area contributed by atoms with Gasteiger partial charge in [0.2, 0.25) is 0 Å². The van der Waals surface area contributed by atoms with Crippen molar-refractivity contribution in [1.29, 1.82) is 0 Å². The van der Waals surface area contributed by atoms with Gasteiger partial charge in [-0.25, -0.2) is 4.79 Å². The molecule has 0 heterocycles. The molecule has 1 N–H and O–H groups in total.